The average Bonchev–Trinajstić information content (AvgIpc) is 3.18. The number of Topliss-reactive ketones (excluding diaryl/α,β-unsaturated/α-hetero) is 1. The van der Waals surface area contributed by atoms with Crippen LogP contribution in [-0.2, 0) is 16.0 Å². The maximum atomic E-state index is 12.6. The summed E-state index contributed by atoms with van der Waals surface area (Å²) < 4.78 is 0. The van der Waals surface area contributed by atoms with Gasteiger partial charge in [0.25, 0.3) is 0 Å². The number of carbonyl (C=O) groups is 2. The molecule has 0 radical (unpaired) electrons. The lowest BCUT2D eigenvalue weighted by molar-refractivity contribution is -0.129. The summed E-state index contributed by atoms with van der Waals surface area (Å²) in [7, 11) is 0. The second-order valence-corrected chi connectivity index (χ2v) is 7.41. The van der Waals surface area contributed by atoms with E-state index in [9.17, 15) is 9.59 Å². The van der Waals surface area contributed by atoms with Crippen LogP contribution in [0.1, 0.15) is 49.7 Å². The van der Waals surface area contributed by atoms with Gasteiger partial charge in [-0.3, -0.25) is 9.59 Å². The number of carbonyl (C=O) groups excluding carboxylic acids is 2. The molecule has 2 aromatic rings. The summed E-state index contributed by atoms with van der Waals surface area (Å²) in [6.07, 6.45) is 5.43. The molecular weight excluding hydrogens is 338 g/mol. The van der Waals surface area contributed by atoms with Gasteiger partial charge in [-0.25, -0.2) is 4.98 Å². The Kier molecular flexibility index (Phi) is 6.22. The van der Waals surface area contributed by atoms with Gasteiger partial charge in [-0.05, 0) is 55.7 Å². The largest absolute Gasteiger partial charge is 0.384 e. The van der Waals surface area contributed by atoms with Crippen LogP contribution in [0.4, 0.5) is 5.82 Å². The first-order valence-electron chi connectivity index (χ1n) is 9.61. The molecule has 0 saturated heterocycles. The third-order valence-electron chi connectivity index (χ3n) is 5.42. The Hall–Kier alpha value is -2.69. The molecule has 0 bridgehead atoms. The molecule has 142 valence electrons. The van der Waals surface area contributed by atoms with Crippen LogP contribution < -0.4 is 11.1 Å². The van der Waals surface area contributed by atoms with Crippen LogP contribution in [-0.4, -0.2) is 22.7 Å². The number of nitrogens with two attached hydrogens (primary N) is 1. The number of nitrogen functional groups attached to an aromatic ring is 1. The van der Waals surface area contributed by atoms with E-state index in [4.69, 9.17) is 5.73 Å². The maximum Gasteiger partial charge on any atom is 0.223 e. The fourth-order valence-electron chi connectivity index (χ4n) is 3.73. The summed E-state index contributed by atoms with van der Waals surface area (Å²) in [5, 5.41) is 2.91. The van der Waals surface area contributed by atoms with Crippen molar-refractivity contribution in [3.8, 4) is 0 Å². The minimum atomic E-state index is -0.463. The third-order valence-corrected chi connectivity index (χ3v) is 5.42. The van der Waals surface area contributed by atoms with Gasteiger partial charge >= 0.3 is 0 Å². The van der Waals surface area contributed by atoms with Gasteiger partial charge in [0.05, 0.1) is 6.04 Å². The van der Waals surface area contributed by atoms with Gasteiger partial charge in [-0.15, -0.1) is 0 Å². The van der Waals surface area contributed by atoms with Crippen molar-refractivity contribution in [1.29, 1.82) is 0 Å². The van der Waals surface area contributed by atoms with E-state index in [1.165, 1.54) is 5.56 Å². The predicted molar refractivity (Wildman–Crippen MR) is 106 cm³/mol. The molecule has 1 aliphatic carbocycles. The molecule has 1 fully saturated rings. The molecule has 1 aliphatic rings. The van der Waals surface area contributed by atoms with Gasteiger partial charge < -0.3 is 11.1 Å². The second kappa shape index (κ2) is 8.80. The highest BCUT2D eigenvalue weighted by Gasteiger charge is 2.31. The lowest BCUT2D eigenvalue weighted by Crippen LogP contribution is -2.41. The average molecular weight is 365 g/mol. The van der Waals surface area contributed by atoms with E-state index >= 15 is 0 Å². The maximum absolute atomic E-state index is 12.6. The molecule has 0 unspecified atom stereocenters. The first-order chi connectivity index (χ1) is 13.0. The van der Waals surface area contributed by atoms with Crippen molar-refractivity contribution in [1.82, 2.24) is 10.3 Å². The number of ketones is 1. The van der Waals surface area contributed by atoms with E-state index in [2.05, 4.69) is 22.4 Å². The van der Waals surface area contributed by atoms with Crippen LogP contribution >= 0.6 is 0 Å². The van der Waals surface area contributed by atoms with E-state index < -0.39 is 6.04 Å². The fraction of sp³-hybridized carbons (Fsp3) is 0.409. The Bertz CT molecular complexity index is 774. The Balaban J connectivity index is 1.45. The third kappa shape index (κ3) is 5.16. The Morgan fingerprint density at radius 3 is 2.67 bits per heavy atom. The highest BCUT2D eigenvalue weighted by molar-refractivity contribution is 5.89. The zero-order chi connectivity index (χ0) is 19.2. The molecular formula is C22H27N3O2. The fourth-order valence-corrected chi connectivity index (χ4v) is 3.73. The number of anilines is 1. The number of benzene rings is 1. The SMILES string of the molecule is C[C@H](NC(=O)[C@@H]1CC[C@@H](c2ccccc2)C1)C(=O)CCc1ccc(N)nc1. The summed E-state index contributed by atoms with van der Waals surface area (Å²) in [4.78, 5) is 29.0. The standard InChI is InChI=1S/C22H27N3O2/c1-15(20(26)11-7-16-8-12-21(23)24-14-16)25-22(27)19-10-9-18(13-19)17-5-3-2-4-6-17/h2-6,8,12,14-15,18-19H,7,9-11,13H2,1H3,(H2,23,24)(H,25,27)/t15-,18+,19+/m0/s1. The van der Waals surface area contributed by atoms with Crippen LogP contribution in [0.15, 0.2) is 48.7 Å². The van der Waals surface area contributed by atoms with E-state index in [0.717, 1.165) is 24.8 Å². The van der Waals surface area contributed by atoms with E-state index in [1.54, 1.807) is 19.2 Å². The molecule has 5 heteroatoms. The smallest absolute Gasteiger partial charge is 0.223 e. The number of aryl methyl sites for hydroxylation is 1. The molecule has 5 nitrogen and oxygen atoms in total. The topological polar surface area (TPSA) is 85.1 Å². The molecule has 3 N–H and O–H groups in total. The van der Waals surface area contributed by atoms with Crippen LogP contribution in [0.2, 0.25) is 0 Å². The second-order valence-electron chi connectivity index (χ2n) is 7.41. The molecule has 1 saturated carbocycles. The van der Waals surface area contributed by atoms with E-state index in [1.807, 2.05) is 24.3 Å². The summed E-state index contributed by atoms with van der Waals surface area (Å²) in [5.41, 5.74) is 7.84. The van der Waals surface area contributed by atoms with Crippen molar-refractivity contribution in [3.63, 3.8) is 0 Å². The predicted octanol–water partition coefficient (Wildman–Crippen LogP) is 3.25. The van der Waals surface area contributed by atoms with Gasteiger partial charge in [-0.1, -0.05) is 36.4 Å². The number of nitrogens with one attached hydrogen (secondary N) is 1. The number of pyridine rings is 1. The van der Waals surface area contributed by atoms with Gasteiger partial charge in [0.2, 0.25) is 5.91 Å². The molecule has 27 heavy (non-hydrogen) atoms. The normalized spacial score (nSPS) is 20.2. The highest BCUT2D eigenvalue weighted by atomic mass is 16.2. The van der Waals surface area contributed by atoms with Gasteiger partial charge in [0, 0.05) is 18.5 Å². The molecule has 1 heterocycles. The summed E-state index contributed by atoms with van der Waals surface area (Å²) >= 11 is 0. The monoisotopic (exact) mass is 365 g/mol. The Morgan fingerprint density at radius 2 is 1.96 bits per heavy atom. The number of aromatic nitrogens is 1. The summed E-state index contributed by atoms with van der Waals surface area (Å²) in [6, 6.07) is 13.5. The van der Waals surface area contributed by atoms with Crippen LogP contribution in [0.3, 0.4) is 0 Å². The number of hydrogen-bond acceptors (Lipinski definition) is 4. The Morgan fingerprint density at radius 1 is 1.19 bits per heavy atom. The first-order valence-corrected chi connectivity index (χ1v) is 9.61. The zero-order valence-corrected chi connectivity index (χ0v) is 15.7. The van der Waals surface area contributed by atoms with Crippen molar-refractivity contribution < 1.29 is 9.59 Å². The van der Waals surface area contributed by atoms with Gasteiger partial charge in [0.1, 0.15) is 5.82 Å². The number of amides is 1. The van der Waals surface area contributed by atoms with E-state index in [-0.39, 0.29) is 17.6 Å². The number of rotatable bonds is 7. The molecule has 3 atom stereocenters. The van der Waals surface area contributed by atoms with E-state index in [0.29, 0.717) is 24.6 Å². The molecule has 3 rings (SSSR count). The van der Waals surface area contributed by atoms with Crippen molar-refractivity contribution in [2.24, 2.45) is 5.92 Å². The minimum absolute atomic E-state index is 0.00318. The van der Waals surface area contributed by atoms with Crippen molar-refractivity contribution in [3.05, 3.63) is 59.8 Å². The first kappa shape index (κ1) is 19.1. The summed E-state index contributed by atoms with van der Waals surface area (Å²) in [6.45, 7) is 1.77. The van der Waals surface area contributed by atoms with Crippen molar-refractivity contribution in [2.45, 2.75) is 51.0 Å². The number of hydrogen-bond donors (Lipinski definition) is 2. The van der Waals surface area contributed by atoms with Crippen LogP contribution in [0, 0.1) is 5.92 Å². The zero-order valence-electron chi connectivity index (χ0n) is 15.7. The molecule has 0 aliphatic heterocycles. The van der Waals surface area contributed by atoms with Crippen LogP contribution in [0.25, 0.3) is 0 Å². The highest BCUT2D eigenvalue weighted by Crippen LogP contribution is 2.38. The summed E-state index contributed by atoms with van der Waals surface area (Å²) in [5.74, 6) is 0.940. The molecule has 0 spiro atoms. The van der Waals surface area contributed by atoms with Gasteiger partial charge in [-0.2, -0.15) is 0 Å². The molecule has 1 aromatic carbocycles. The lowest BCUT2D eigenvalue weighted by Gasteiger charge is -2.17. The molecule has 1 amide bonds. The lowest BCUT2D eigenvalue weighted by atomic mass is 9.96. The van der Waals surface area contributed by atoms with Crippen molar-refractivity contribution in [2.75, 3.05) is 5.73 Å². The minimum Gasteiger partial charge on any atom is -0.384 e. The van der Waals surface area contributed by atoms with Crippen LogP contribution in [0.5, 0.6) is 0 Å². The molecule has 1 aromatic heterocycles. The quantitative estimate of drug-likeness (QED) is 0.789. The van der Waals surface area contributed by atoms with Gasteiger partial charge in [0.15, 0.2) is 5.78 Å². The Labute approximate surface area is 160 Å². The number of nitrogens with zero attached hydrogens (tertiary/aromatic N) is 1. The van der Waals surface area contributed by atoms with Crippen molar-refractivity contribution >= 4 is 17.5 Å².